The fraction of sp³-hybridized carbons (Fsp3) is 0.158. The van der Waals surface area contributed by atoms with Crippen LogP contribution < -0.4 is 28.1 Å². The van der Waals surface area contributed by atoms with Crippen molar-refractivity contribution in [2.45, 2.75) is 6.92 Å². The lowest BCUT2D eigenvalue weighted by atomic mass is 10.0. The van der Waals surface area contributed by atoms with Gasteiger partial charge in [0.25, 0.3) is 4.88 Å². The first-order valence-electron chi connectivity index (χ1n) is 7.94. The minimum atomic E-state index is -4.94. The Kier molecular flexibility index (Phi) is 5.53. The first kappa shape index (κ1) is 20.4. The average molecular weight is 423 g/mol. The van der Waals surface area contributed by atoms with Gasteiger partial charge in [-0.15, -0.1) is 10.2 Å². The van der Waals surface area contributed by atoms with Crippen LogP contribution in [0.5, 0.6) is 11.5 Å². The molecule has 0 aliphatic heterocycles. The molecule has 3 aromatic rings. The Labute approximate surface area is 166 Å². The van der Waals surface area contributed by atoms with E-state index in [1.165, 1.54) is 0 Å². The van der Waals surface area contributed by atoms with Crippen LogP contribution >= 0.6 is 11.3 Å². The monoisotopic (exact) mass is 422 g/mol. The predicted octanol–water partition coefficient (Wildman–Crippen LogP) is -0.0366. The summed E-state index contributed by atoms with van der Waals surface area (Å²) in [6, 6.07) is 11.7. The minimum absolute atomic E-state index is 0.0871. The van der Waals surface area contributed by atoms with Crippen molar-refractivity contribution in [3.63, 3.8) is 0 Å². The number of fused-ring (bicyclic) bond motifs is 5. The molecular formula is C19H15ClO7S. The summed E-state index contributed by atoms with van der Waals surface area (Å²) in [5.41, 5.74) is 2.58. The average Bonchev–Trinajstić information content (AvgIpc) is 2.92. The molecule has 0 amide bonds. The van der Waals surface area contributed by atoms with E-state index >= 15 is 0 Å². The maximum absolute atomic E-state index is 12.9. The van der Waals surface area contributed by atoms with Crippen LogP contribution in [0.1, 0.15) is 20.8 Å². The largest absolute Gasteiger partial charge is 0.493 e. The Balaban J connectivity index is 0.000000403. The molecule has 0 saturated heterocycles. The molecule has 4 rings (SSSR count). The summed E-state index contributed by atoms with van der Waals surface area (Å²) < 4.78 is 44.8. The molecule has 0 radical (unpaired) electrons. The number of aryl methyl sites for hydroxylation is 1. The first-order valence-corrected chi connectivity index (χ1v) is 9.99. The molecule has 0 atom stereocenters. The fourth-order valence-electron chi connectivity index (χ4n) is 3.19. The van der Waals surface area contributed by atoms with Crippen LogP contribution in [0.2, 0.25) is 0 Å². The molecular weight excluding hydrogens is 408 g/mol. The van der Waals surface area contributed by atoms with Crippen LogP contribution in [-0.2, 0) is 0 Å². The number of ether oxygens (including phenoxy) is 2. The van der Waals surface area contributed by atoms with Crippen molar-refractivity contribution in [3.05, 3.63) is 52.4 Å². The van der Waals surface area contributed by atoms with Gasteiger partial charge in [0.15, 0.2) is 17.3 Å². The number of rotatable bonds is 2. The Bertz CT molecular complexity index is 1070. The van der Waals surface area contributed by atoms with E-state index in [1.807, 2.05) is 36.4 Å². The van der Waals surface area contributed by atoms with Crippen molar-refractivity contribution in [3.8, 4) is 21.9 Å². The highest BCUT2D eigenvalue weighted by atomic mass is 35.7. The highest BCUT2D eigenvalue weighted by Gasteiger charge is 2.37. The number of carbonyl (C=O) groups is 1. The van der Waals surface area contributed by atoms with E-state index in [4.69, 9.17) is 28.1 Å². The molecule has 9 heteroatoms. The summed E-state index contributed by atoms with van der Waals surface area (Å²) >= 11 is 1.66. The quantitative estimate of drug-likeness (QED) is 0.414. The number of methoxy groups -OCH3 is 2. The zero-order valence-corrected chi connectivity index (χ0v) is 16.7. The van der Waals surface area contributed by atoms with E-state index in [1.54, 1.807) is 25.6 Å². The highest BCUT2D eigenvalue weighted by Crippen LogP contribution is 2.46. The number of hydrogen-bond acceptors (Lipinski definition) is 7. The van der Waals surface area contributed by atoms with Crippen molar-refractivity contribution < 1.29 is 43.1 Å². The number of carbonyl (C=O) groups excluding carboxylic acids is 1. The van der Waals surface area contributed by atoms with Gasteiger partial charge in [0.2, 0.25) is 16.2 Å². The summed E-state index contributed by atoms with van der Waals surface area (Å²) in [6.07, 6.45) is 0. The molecule has 0 N–H and O–H groups in total. The molecule has 146 valence electrons. The molecule has 1 aliphatic rings. The lowest BCUT2D eigenvalue weighted by molar-refractivity contribution is -2.00. The molecule has 1 aliphatic carbocycles. The second kappa shape index (κ2) is 7.59. The van der Waals surface area contributed by atoms with Gasteiger partial charge in [-0.3, -0.25) is 4.79 Å². The molecule has 0 fully saturated rings. The minimum Gasteiger partial charge on any atom is -0.493 e. The molecule has 0 saturated carbocycles. The van der Waals surface area contributed by atoms with Crippen LogP contribution in [0.4, 0.5) is 0 Å². The molecule has 1 heterocycles. The molecule has 28 heavy (non-hydrogen) atoms. The normalized spacial score (nSPS) is 12.2. The number of ketones is 1. The highest BCUT2D eigenvalue weighted by molar-refractivity contribution is 7.16. The molecule has 0 bridgehead atoms. The van der Waals surface area contributed by atoms with Gasteiger partial charge in [-0.25, -0.2) is 18.6 Å². The maximum atomic E-state index is 12.9. The number of halogens is 1. The van der Waals surface area contributed by atoms with Crippen molar-refractivity contribution in [1.82, 2.24) is 0 Å². The van der Waals surface area contributed by atoms with Gasteiger partial charge in [-0.1, -0.05) is 18.2 Å². The van der Waals surface area contributed by atoms with Crippen molar-refractivity contribution in [1.29, 1.82) is 0 Å². The Morgan fingerprint density at radius 2 is 1.39 bits per heavy atom. The lowest BCUT2D eigenvalue weighted by Crippen LogP contribution is -2.68. The standard InChI is InChI=1S/C19H15O3S.ClHO4/c1-10-13-8-15(21-2)16(22-3)9-14(13)17-18(20)11-6-4-5-7-12(11)19(17)23-10;2-1(3,4)5/h4-9H,1-3H3;(H,2,3,4,5)/q+1;/p-1. The van der Waals surface area contributed by atoms with Gasteiger partial charge in [-0.2, -0.15) is 0 Å². The summed E-state index contributed by atoms with van der Waals surface area (Å²) in [5, 5.41) is 1.96. The third kappa shape index (κ3) is 3.79. The third-order valence-corrected chi connectivity index (χ3v) is 5.45. The van der Waals surface area contributed by atoms with Crippen LogP contribution in [0.3, 0.4) is 0 Å². The molecule has 0 spiro atoms. The number of benzene rings is 2. The van der Waals surface area contributed by atoms with Gasteiger partial charge >= 0.3 is 0 Å². The van der Waals surface area contributed by atoms with E-state index in [0.717, 1.165) is 37.2 Å². The molecule has 2 aromatic carbocycles. The van der Waals surface area contributed by atoms with Gasteiger partial charge in [0, 0.05) is 23.3 Å². The van der Waals surface area contributed by atoms with Crippen LogP contribution in [-0.4, -0.2) is 20.0 Å². The van der Waals surface area contributed by atoms with Crippen LogP contribution in [0.25, 0.3) is 21.2 Å². The van der Waals surface area contributed by atoms with E-state index in [-0.39, 0.29) is 5.78 Å². The smallest absolute Gasteiger partial charge is 0.250 e. The topological polar surface area (TPSA) is 128 Å². The summed E-state index contributed by atoms with van der Waals surface area (Å²) in [6.45, 7) is 2.07. The maximum Gasteiger partial charge on any atom is 0.250 e. The summed E-state index contributed by atoms with van der Waals surface area (Å²) in [7, 11) is -1.71. The third-order valence-electron chi connectivity index (χ3n) is 4.30. The van der Waals surface area contributed by atoms with Gasteiger partial charge in [0.05, 0.1) is 25.3 Å². The second-order valence-electron chi connectivity index (χ2n) is 5.87. The van der Waals surface area contributed by atoms with Gasteiger partial charge < -0.3 is 9.47 Å². The fourth-order valence-corrected chi connectivity index (χ4v) is 4.37. The SMILES string of the molecule is COc1cc2c(C)[s+]c3c(c2cc1OC)C(=O)c1ccccc1-3.[O-][Cl+3]([O-])([O-])[O-]. The van der Waals surface area contributed by atoms with Crippen molar-refractivity contribution in [2.75, 3.05) is 14.2 Å². The zero-order chi connectivity index (χ0) is 20.6. The van der Waals surface area contributed by atoms with E-state index in [2.05, 4.69) is 6.92 Å². The summed E-state index contributed by atoms with van der Waals surface area (Å²) in [5.74, 6) is 1.41. The zero-order valence-electron chi connectivity index (χ0n) is 15.1. The van der Waals surface area contributed by atoms with E-state index in [9.17, 15) is 4.79 Å². The van der Waals surface area contributed by atoms with Crippen LogP contribution in [0, 0.1) is 17.2 Å². The van der Waals surface area contributed by atoms with Crippen molar-refractivity contribution in [2.24, 2.45) is 0 Å². The first-order chi connectivity index (χ1) is 13.2. The molecule has 1 aromatic heterocycles. The Hall–Kier alpha value is -2.33. The predicted molar refractivity (Wildman–Crippen MR) is 92.9 cm³/mol. The molecule has 7 nitrogen and oxygen atoms in total. The Morgan fingerprint density at radius 3 is 1.93 bits per heavy atom. The lowest BCUT2D eigenvalue weighted by Gasteiger charge is -2.17. The molecule has 0 unspecified atom stereocenters. The Morgan fingerprint density at radius 1 is 0.893 bits per heavy atom. The van der Waals surface area contributed by atoms with E-state index in [0.29, 0.717) is 11.5 Å². The second-order valence-corrected chi connectivity index (χ2v) is 7.85. The number of hydrogen-bond donors (Lipinski definition) is 0. The van der Waals surface area contributed by atoms with Gasteiger partial charge in [-0.05, 0) is 18.2 Å². The summed E-state index contributed by atoms with van der Waals surface area (Å²) in [4.78, 5) is 15.1. The van der Waals surface area contributed by atoms with Crippen molar-refractivity contribution >= 4 is 27.9 Å². The van der Waals surface area contributed by atoms with Crippen LogP contribution in [0.15, 0.2) is 36.4 Å². The van der Waals surface area contributed by atoms with Gasteiger partial charge in [0.1, 0.15) is 0 Å². The van der Waals surface area contributed by atoms with E-state index < -0.39 is 10.2 Å².